The van der Waals surface area contributed by atoms with Gasteiger partial charge in [0.05, 0.1) is 21.2 Å². The number of amides is 4. The number of carbonyl (C=O) groups is 2. The maximum absolute atomic E-state index is 12.7. The third kappa shape index (κ3) is 12.6. The van der Waals surface area contributed by atoms with Crippen LogP contribution in [0.3, 0.4) is 0 Å². The Morgan fingerprint density at radius 3 is 1.40 bits per heavy atom. The Hall–Kier alpha value is -5.02. The number of nitrogen functional groups attached to an aromatic ring is 1. The maximum atomic E-state index is 12.7. The van der Waals surface area contributed by atoms with E-state index in [1.807, 2.05) is 0 Å². The Bertz CT molecular complexity index is 1600. The topological polar surface area (TPSA) is 163 Å². The highest BCUT2D eigenvalue weighted by atomic mass is 35.5. The molecule has 0 radical (unpaired) electrons. The summed E-state index contributed by atoms with van der Waals surface area (Å²) in [6.07, 6.45) is -9.05. The van der Waals surface area contributed by atoms with Gasteiger partial charge < -0.3 is 37.6 Å². The van der Waals surface area contributed by atoms with E-state index in [1.54, 1.807) is 12.1 Å². The fourth-order valence-corrected chi connectivity index (χ4v) is 3.55. The van der Waals surface area contributed by atoms with Crippen molar-refractivity contribution >= 4 is 58.0 Å². The number of hydrogen-bond acceptors (Lipinski definition) is 5. The second-order valence-corrected chi connectivity index (χ2v) is 9.41. The third-order valence-corrected chi connectivity index (χ3v) is 5.74. The molecule has 0 heterocycles. The number of urea groups is 2. The van der Waals surface area contributed by atoms with E-state index in [4.69, 9.17) is 44.9 Å². The van der Waals surface area contributed by atoms with Gasteiger partial charge in [0.25, 0.3) is 0 Å². The lowest BCUT2D eigenvalue weighted by Crippen LogP contribution is -2.19. The van der Waals surface area contributed by atoms with Crippen LogP contribution >= 0.6 is 23.2 Å². The second-order valence-electron chi connectivity index (χ2n) is 8.59. The van der Waals surface area contributed by atoms with Crippen LogP contribution in [0.2, 0.25) is 10.0 Å². The number of aromatic hydroxyl groups is 2. The smallest absolute Gasteiger partial charge is 0.417 e. The van der Waals surface area contributed by atoms with Crippen LogP contribution in [0, 0.1) is 0 Å². The Kier molecular flexibility index (Phi) is 12.6. The number of hydrogen-bond donors (Lipinski definition) is 7. The van der Waals surface area contributed by atoms with E-state index in [0.29, 0.717) is 11.4 Å². The van der Waals surface area contributed by atoms with E-state index in [0.717, 1.165) is 24.3 Å². The number of nitrogens with one attached hydrogen (secondary N) is 3. The van der Waals surface area contributed by atoms with Crippen molar-refractivity contribution in [1.29, 1.82) is 0 Å². The number of primary amides is 1. The van der Waals surface area contributed by atoms with E-state index in [-0.39, 0.29) is 27.9 Å². The lowest BCUT2D eigenvalue weighted by molar-refractivity contribution is -0.138. The number of nitrogens with two attached hydrogens (primary N) is 2. The molecule has 4 amide bonds. The molecule has 0 aliphatic rings. The van der Waals surface area contributed by atoms with Crippen LogP contribution in [-0.4, -0.2) is 22.3 Å². The normalized spacial score (nSPS) is 10.8. The maximum Gasteiger partial charge on any atom is 0.417 e. The molecule has 9 N–H and O–H groups in total. The number of anilines is 4. The minimum atomic E-state index is -4.61. The zero-order valence-electron chi connectivity index (χ0n) is 22.5. The predicted molar refractivity (Wildman–Crippen MR) is 159 cm³/mol. The number of carbonyl (C=O) groups excluding carboxylic acids is 2. The van der Waals surface area contributed by atoms with E-state index >= 15 is 0 Å². The highest BCUT2D eigenvalue weighted by Crippen LogP contribution is 2.37. The standard InChI is InChI=1S/C14H10ClF3N2O2.C7H5ClF3N.C7H8N2O2/c15-12-6-3-9(7-11(12)14(16,17)18)20-13(22)19-8-1-4-10(21)5-2-8;8-6-2-1-4(12)3-5(6)7(9,10)11;8-7(11)9-5-1-3-6(10)4-2-5/h1-7,21H,(H2,19,20,22);1-3H,12H2;1-4,10H,(H3,8,9,11). The van der Waals surface area contributed by atoms with Crippen molar-refractivity contribution in [1.82, 2.24) is 0 Å². The van der Waals surface area contributed by atoms with Crippen LogP contribution in [-0.2, 0) is 12.4 Å². The van der Waals surface area contributed by atoms with Crippen LogP contribution in [0.25, 0.3) is 0 Å². The number of rotatable bonds is 3. The molecule has 0 aliphatic carbocycles. The number of benzene rings is 4. The number of phenols is 2. The van der Waals surface area contributed by atoms with Gasteiger partial charge in [-0.05, 0) is 84.9 Å². The first-order valence-corrected chi connectivity index (χ1v) is 12.8. The molecule has 0 unspecified atom stereocenters. The van der Waals surface area contributed by atoms with E-state index in [1.165, 1.54) is 48.5 Å². The van der Waals surface area contributed by atoms with Crippen molar-refractivity contribution in [2.75, 3.05) is 21.7 Å². The lowest BCUT2D eigenvalue weighted by atomic mass is 10.2. The lowest BCUT2D eigenvalue weighted by Gasteiger charge is -2.12. The van der Waals surface area contributed by atoms with Crippen molar-refractivity contribution in [3.8, 4) is 11.5 Å². The highest BCUT2D eigenvalue weighted by molar-refractivity contribution is 6.31. The Morgan fingerprint density at radius 2 is 0.978 bits per heavy atom. The molecule has 0 fully saturated rings. The number of phenolic OH excluding ortho intramolecular Hbond substituents is 2. The first kappa shape index (κ1) is 36.2. The van der Waals surface area contributed by atoms with E-state index < -0.39 is 40.6 Å². The summed E-state index contributed by atoms with van der Waals surface area (Å²) in [7, 11) is 0. The van der Waals surface area contributed by atoms with Gasteiger partial charge in [0, 0.05) is 22.7 Å². The molecule has 45 heavy (non-hydrogen) atoms. The Balaban J connectivity index is 0.000000259. The van der Waals surface area contributed by atoms with Crippen molar-refractivity contribution in [3.63, 3.8) is 0 Å². The van der Waals surface area contributed by atoms with Crippen molar-refractivity contribution < 1.29 is 46.1 Å². The molecule has 0 saturated carbocycles. The molecular weight excluding hydrogens is 655 g/mol. The molecule has 0 spiro atoms. The monoisotopic (exact) mass is 677 g/mol. The fraction of sp³-hybridized carbons (Fsp3) is 0.0714. The van der Waals surface area contributed by atoms with Gasteiger partial charge in [0.2, 0.25) is 0 Å². The van der Waals surface area contributed by atoms with E-state index in [9.17, 15) is 35.9 Å². The summed E-state index contributed by atoms with van der Waals surface area (Å²) in [6.45, 7) is 0. The molecule has 9 nitrogen and oxygen atoms in total. The van der Waals surface area contributed by atoms with Gasteiger partial charge in [-0.2, -0.15) is 26.3 Å². The van der Waals surface area contributed by atoms with Gasteiger partial charge in [-0.3, -0.25) is 0 Å². The molecule has 4 rings (SSSR count). The average molecular weight is 678 g/mol. The molecule has 4 aromatic carbocycles. The average Bonchev–Trinajstić information content (AvgIpc) is 2.93. The summed E-state index contributed by atoms with van der Waals surface area (Å²) in [5.74, 6) is 0.179. The fourth-order valence-electron chi connectivity index (χ4n) is 3.11. The molecule has 0 bridgehead atoms. The quantitative estimate of drug-likeness (QED) is 0.0655. The van der Waals surface area contributed by atoms with Gasteiger partial charge in [0.1, 0.15) is 11.5 Å². The zero-order valence-corrected chi connectivity index (χ0v) is 24.0. The van der Waals surface area contributed by atoms with Gasteiger partial charge >= 0.3 is 24.4 Å². The first-order chi connectivity index (χ1) is 20.8. The summed E-state index contributed by atoms with van der Waals surface area (Å²) >= 11 is 10.8. The van der Waals surface area contributed by atoms with E-state index in [2.05, 4.69) is 16.0 Å². The van der Waals surface area contributed by atoms with Crippen LogP contribution in [0.15, 0.2) is 84.9 Å². The molecule has 17 heteroatoms. The summed E-state index contributed by atoms with van der Waals surface area (Å²) in [5.41, 5.74) is 9.03. The largest absolute Gasteiger partial charge is 0.508 e. The van der Waals surface area contributed by atoms with Crippen LogP contribution in [0.5, 0.6) is 11.5 Å². The first-order valence-electron chi connectivity index (χ1n) is 12.1. The summed E-state index contributed by atoms with van der Waals surface area (Å²) < 4.78 is 74.4. The molecule has 0 saturated heterocycles. The van der Waals surface area contributed by atoms with Crippen molar-refractivity contribution in [2.24, 2.45) is 5.73 Å². The minimum Gasteiger partial charge on any atom is -0.508 e. The Morgan fingerprint density at radius 1 is 0.600 bits per heavy atom. The number of alkyl halides is 6. The Labute approximate surface area is 261 Å². The molecular formula is C28H23Cl2F6N5O4. The molecule has 0 aliphatic heterocycles. The summed E-state index contributed by atoms with van der Waals surface area (Å²) in [4.78, 5) is 22.0. The van der Waals surface area contributed by atoms with Crippen LogP contribution in [0.4, 0.5) is 58.7 Å². The van der Waals surface area contributed by atoms with Gasteiger partial charge in [-0.1, -0.05) is 23.2 Å². The van der Waals surface area contributed by atoms with Gasteiger partial charge in [-0.25, -0.2) is 9.59 Å². The summed E-state index contributed by atoms with van der Waals surface area (Å²) in [5, 5.41) is 24.2. The molecule has 0 atom stereocenters. The number of halogens is 8. The SMILES string of the molecule is NC(=O)Nc1ccc(O)cc1.Nc1ccc(Cl)c(C(F)(F)F)c1.O=C(Nc1ccc(O)cc1)Nc1ccc(Cl)c(C(F)(F)F)c1. The minimum absolute atomic E-state index is 0.0264. The van der Waals surface area contributed by atoms with Gasteiger partial charge in [0.15, 0.2) is 0 Å². The zero-order chi connectivity index (χ0) is 33.9. The third-order valence-electron chi connectivity index (χ3n) is 5.09. The van der Waals surface area contributed by atoms with Crippen LogP contribution < -0.4 is 27.4 Å². The molecule has 0 aromatic heterocycles. The predicted octanol–water partition coefficient (Wildman–Crippen LogP) is 8.53. The van der Waals surface area contributed by atoms with Gasteiger partial charge in [-0.15, -0.1) is 0 Å². The molecule has 4 aromatic rings. The summed E-state index contributed by atoms with van der Waals surface area (Å²) in [6, 6.07) is 16.6. The van der Waals surface area contributed by atoms with Crippen LogP contribution in [0.1, 0.15) is 11.1 Å². The second kappa shape index (κ2) is 15.6. The highest BCUT2D eigenvalue weighted by Gasteiger charge is 2.34. The molecule has 240 valence electrons. The van der Waals surface area contributed by atoms with Crippen molar-refractivity contribution in [2.45, 2.75) is 12.4 Å². The van der Waals surface area contributed by atoms with Crippen molar-refractivity contribution in [3.05, 3.63) is 106 Å².